The summed E-state index contributed by atoms with van der Waals surface area (Å²) in [4.78, 5) is 19.9. The van der Waals surface area contributed by atoms with E-state index in [0.29, 0.717) is 15.1 Å². The Morgan fingerprint density at radius 1 is 1.33 bits per heavy atom. The number of hydrogen-bond acceptors (Lipinski definition) is 7. The third kappa shape index (κ3) is 4.08. The van der Waals surface area contributed by atoms with Gasteiger partial charge in [0.25, 0.3) is 5.69 Å². The number of nitrogens with zero attached hydrogens (tertiary/aromatic N) is 3. The van der Waals surface area contributed by atoms with E-state index < -0.39 is 0 Å². The van der Waals surface area contributed by atoms with Crippen LogP contribution in [0.3, 0.4) is 0 Å². The zero-order valence-electron chi connectivity index (χ0n) is 11.6. The van der Waals surface area contributed by atoms with E-state index >= 15 is 0 Å². The van der Waals surface area contributed by atoms with Crippen molar-refractivity contribution in [3.8, 4) is 0 Å². The maximum absolute atomic E-state index is 11.0. The summed E-state index contributed by atoms with van der Waals surface area (Å²) in [7, 11) is 0. The fraction of sp³-hybridized carbons (Fsp3) is 0.231. The summed E-state index contributed by atoms with van der Waals surface area (Å²) in [5.41, 5.74) is 0.0804. The van der Waals surface area contributed by atoms with E-state index in [4.69, 9.17) is 0 Å². The van der Waals surface area contributed by atoms with Crippen molar-refractivity contribution < 1.29 is 4.92 Å². The average molecular weight is 322 g/mol. The van der Waals surface area contributed by atoms with Crippen LogP contribution in [0.4, 0.5) is 11.5 Å². The number of thioether (sulfide) groups is 1. The van der Waals surface area contributed by atoms with Crippen molar-refractivity contribution in [3.63, 3.8) is 0 Å². The monoisotopic (exact) mass is 322 g/mol. The fourth-order valence-electron chi connectivity index (χ4n) is 1.63. The number of anilines is 1. The summed E-state index contributed by atoms with van der Waals surface area (Å²) < 4.78 is 0. The molecular weight excluding hydrogens is 308 g/mol. The average Bonchev–Trinajstić information content (AvgIpc) is 2.47. The van der Waals surface area contributed by atoms with Crippen molar-refractivity contribution in [2.75, 3.05) is 18.1 Å². The van der Waals surface area contributed by atoms with Crippen LogP contribution in [0.15, 0.2) is 45.4 Å². The normalized spacial score (nSPS) is 10.4. The number of benzene rings is 1. The molecule has 0 saturated carbocycles. The van der Waals surface area contributed by atoms with E-state index in [1.54, 1.807) is 24.3 Å². The summed E-state index contributed by atoms with van der Waals surface area (Å²) in [6, 6.07) is 8.43. The van der Waals surface area contributed by atoms with Gasteiger partial charge in [-0.15, -0.1) is 0 Å². The molecule has 1 N–H and O–H groups in total. The van der Waals surface area contributed by atoms with Gasteiger partial charge < -0.3 is 5.32 Å². The Bertz CT molecular complexity index is 652. The smallest absolute Gasteiger partial charge is 0.283 e. The van der Waals surface area contributed by atoms with E-state index in [-0.39, 0.29) is 10.6 Å². The number of rotatable bonds is 6. The lowest BCUT2D eigenvalue weighted by Gasteiger charge is -2.07. The van der Waals surface area contributed by atoms with Crippen molar-refractivity contribution in [1.82, 2.24) is 9.97 Å². The van der Waals surface area contributed by atoms with Gasteiger partial charge in [0.1, 0.15) is 10.8 Å². The summed E-state index contributed by atoms with van der Waals surface area (Å²) in [6.07, 6.45) is 1.89. The highest BCUT2D eigenvalue weighted by molar-refractivity contribution is 7.99. The molecule has 2 rings (SSSR count). The van der Waals surface area contributed by atoms with E-state index in [0.717, 1.165) is 12.4 Å². The van der Waals surface area contributed by atoms with Crippen LogP contribution in [0.5, 0.6) is 0 Å². The minimum Gasteiger partial charge on any atom is -0.370 e. The number of nitro benzene ring substituents is 1. The van der Waals surface area contributed by atoms with Gasteiger partial charge in [0.15, 0.2) is 5.16 Å². The maximum Gasteiger partial charge on any atom is 0.283 e. The van der Waals surface area contributed by atoms with E-state index in [1.807, 2.05) is 13.2 Å². The second-order valence-electron chi connectivity index (χ2n) is 3.94. The SMILES string of the molecule is CCNc1cc(Sc2ccccc2[N+](=O)[O-])nc(SC)n1. The Labute approximate surface area is 130 Å². The highest BCUT2D eigenvalue weighted by Gasteiger charge is 2.15. The minimum atomic E-state index is -0.385. The molecule has 8 heteroatoms. The molecule has 0 amide bonds. The summed E-state index contributed by atoms with van der Waals surface area (Å²) >= 11 is 2.70. The highest BCUT2D eigenvalue weighted by atomic mass is 32.2. The lowest BCUT2D eigenvalue weighted by Crippen LogP contribution is -2.01. The van der Waals surface area contributed by atoms with Crippen molar-refractivity contribution in [3.05, 3.63) is 40.4 Å². The Morgan fingerprint density at radius 2 is 2.10 bits per heavy atom. The van der Waals surface area contributed by atoms with Gasteiger partial charge in [0, 0.05) is 18.7 Å². The maximum atomic E-state index is 11.0. The summed E-state index contributed by atoms with van der Waals surface area (Å²) in [5, 5.41) is 15.5. The molecule has 21 heavy (non-hydrogen) atoms. The fourth-order valence-corrected chi connectivity index (χ4v) is 2.98. The van der Waals surface area contributed by atoms with E-state index in [9.17, 15) is 10.1 Å². The molecule has 0 radical (unpaired) electrons. The molecule has 1 aromatic carbocycles. The quantitative estimate of drug-likeness (QED) is 0.285. The number of para-hydroxylation sites is 1. The molecule has 2 aromatic rings. The van der Waals surface area contributed by atoms with E-state index in [2.05, 4.69) is 15.3 Å². The molecular formula is C13H14N4O2S2. The van der Waals surface area contributed by atoms with Crippen molar-refractivity contribution in [2.45, 2.75) is 22.0 Å². The summed E-state index contributed by atoms with van der Waals surface area (Å²) in [5.74, 6) is 0.720. The molecule has 1 heterocycles. The van der Waals surface area contributed by atoms with Gasteiger partial charge in [0.2, 0.25) is 0 Å². The van der Waals surface area contributed by atoms with Crippen LogP contribution in [0, 0.1) is 10.1 Å². The van der Waals surface area contributed by atoms with Crippen LogP contribution in [0.25, 0.3) is 0 Å². The predicted octanol–water partition coefficient (Wildman–Crippen LogP) is 3.69. The van der Waals surface area contributed by atoms with Gasteiger partial charge in [-0.25, -0.2) is 9.97 Å². The zero-order chi connectivity index (χ0) is 15.2. The Balaban J connectivity index is 2.35. The van der Waals surface area contributed by atoms with Crippen molar-refractivity contribution in [2.24, 2.45) is 0 Å². The molecule has 1 aromatic heterocycles. The first kappa shape index (κ1) is 15.6. The Hall–Kier alpha value is -1.80. The van der Waals surface area contributed by atoms with Gasteiger partial charge >= 0.3 is 0 Å². The third-order valence-corrected chi connectivity index (χ3v) is 4.03. The summed E-state index contributed by atoms with van der Waals surface area (Å²) in [6.45, 7) is 2.73. The molecule has 0 aliphatic heterocycles. The standard InChI is InChI=1S/C13H14N4O2S2/c1-3-14-11-8-12(16-13(15-11)20-2)21-10-7-5-4-6-9(10)17(18)19/h4-8H,3H2,1-2H3,(H,14,15,16). The number of nitro groups is 1. The molecule has 0 fully saturated rings. The zero-order valence-corrected chi connectivity index (χ0v) is 13.2. The molecule has 0 saturated heterocycles. The number of aromatic nitrogens is 2. The van der Waals surface area contributed by atoms with Crippen LogP contribution in [0.1, 0.15) is 6.92 Å². The first-order valence-corrected chi connectivity index (χ1v) is 8.26. The third-order valence-electron chi connectivity index (χ3n) is 2.50. The number of nitrogens with one attached hydrogen (secondary N) is 1. The second kappa shape index (κ2) is 7.28. The van der Waals surface area contributed by atoms with Crippen LogP contribution >= 0.6 is 23.5 Å². The molecule has 6 nitrogen and oxygen atoms in total. The topological polar surface area (TPSA) is 81.0 Å². The van der Waals surface area contributed by atoms with Crippen LogP contribution < -0.4 is 5.32 Å². The van der Waals surface area contributed by atoms with Gasteiger partial charge in [0.05, 0.1) is 9.82 Å². The van der Waals surface area contributed by atoms with E-state index in [1.165, 1.54) is 29.6 Å². The van der Waals surface area contributed by atoms with Gasteiger partial charge in [-0.3, -0.25) is 10.1 Å². The van der Waals surface area contributed by atoms with Crippen LogP contribution in [0.2, 0.25) is 0 Å². The Morgan fingerprint density at radius 3 is 2.76 bits per heavy atom. The Kier molecular flexibility index (Phi) is 5.40. The minimum absolute atomic E-state index is 0.0804. The first-order chi connectivity index (χ1) is 10.1. The van der Waals surface area contributed by atoms with Crippen molar-refractivity contribution >= 4 is 35.0 Å². The van der Waals surface area contributed by atoms with Gasteiger partial charge in [-0.1, -0.05) is 35.7 Å². The number of hydrogen-bond donors (Lipinski definition) is 1. The molecule has 0 spiro atoms. The molecule has 0 aliphatic carbocycles. The van der Waals surface area contributed by atoms with Gasteiger partial charge in [-0.2, -0.15) is 0 Å². The molecule has 0 unspecified atom stereocenters. The molecule has 0 atom stereocenters. The van der Waals surface area contributed by atoms with Gasteiger partial charge in [-0.05, 0) is 19.2 Å². The predicted molar refractivity (Wildman–Crippen MR) is 85.2 cm³/mol. The highest BCUT2D eigenvalue weighted by Crippen LogP contribution is 2.34. The van der Waals surface area contributed by atoms with Crippen LogP contribution in [-0.2, 0) is 0 Å². The molecule has 0 bridgehead atoms. The lowest BCUT2D eigenvalue weighted by atomic mass is 10.3. The molecule has 110 valence electrons. The molecule has 0 aliphatic rings. The lowest BCUT2D eigenvalue weighted by molar-refractivity contribution is -0.387. The first-order valence-electron chi connectivity index (χ1n) is 6.22. The van der Waals surface area contributed by atoms with Crippen LogP contribution in [-0.4, -0.2) is 27.7 Å². The second-order valence-corrected chi connectivity index (χ2v) is 5.77. The largest absolute Gasteiger partial charge is 0.370 e. The van der Waals surface area contributed by atoms with Crippen molar-refractivity contribution in [1.29, 1.82) is 0 Å².